The first kappa shape index (κ1) is 13.7. The maximum Gasteiger partial charge on any atom is 0.0880 e. The normalized spacial score (nSPS) is 13.1. The van der Waals surface area contributed by atoms with Crippen LogP contribution in [0.1, 0.15) is 26.7 Å². The molecule has 0 aliphatic rings. The molecule has 0 saturated heterocycles. The van der Waals surface area contributed by atoms with Crippen LogP contribution in [-0.4, -0.2) is 11.9 Å². The minimum atomic E-state index is 0.349. The summed E-state index contributed by atoms with van der Waals surface area (Å²) in [6, 6.07) is 0. The molecule has 8 nitrogen and oxygen atoms in total. The van der Waals surface area contributed by atoms with Crippen LogP contribution in [0.5, 0.6) is 0 Å². The molecule has 1 atom stereocenters. The summed E-state index contributed by atoms with van der Waals surface area (Å²) in [5.41, 5.74) is 0. The van der Waals surface area contributed by atoms with Gasteiger partial charge >= 0.3 is 0 Å². The summed E-state index contributed by atoms with van der Waals surface area (Å²) in [7, 11) is 0. The van der Waals surface area contributed by atoms with Gasteiger partial charge in [0.1, 0.15) is 0 Å². The Hall–Kier alpha value is -0.320. The molecule has 0 heterocycles. The number of rotatable bonds is 10. The summed E-state index contributed by atoms with van der Waals surface area (Å²) in [5, 5.41) is 28.9. The molecule has 86 valence electrons. The maximum atomic E-state index is 7.55. The SMILES string of the molecule is CCCC(C)COOOOOOOO. The zero-order valence-corrected chi connectivity index (χ0v) is 8.00. The lowest BCUT2D eigenvalue weighted by Crippen LogP contribution is -2.07. The van der Waals surface area contributed by atoms with Crippen LogP contribution < -0.4 is 0 Å². The Bertz CT molecular complexity index is 110. The molecule has 0 aliphatic heterocycles. The fourth-order valence-corrected chi connectivity index (χ4v) is 0.786. The maximum absolute atomic E-state index is 7.55. The fourth-order valence-electron chi connectivity index (χ4n) is 0.786. The van der Waals surface area contributed by atoms with Gasteiger partial charge in [-0.25, -0.2) is 10.1 Å². The topological polar surface area (TPSA) is 84.8 Å². The molecule has 0 aromatic rings. The van der Waals surface area contributed by atoms with Crippen molar-refractivity contribution in [1.82, 2.24) is 0 Å². The molecule has 0 bridgehead atoms. The quantitative estimate of drug-likeness (QED) is 0.332. The Balaban J connectivity index is 2.98. The molecule has 0 fully saturated rings. The molecule has 0 amide bonds. The van der Waals surface area contributed by atoms with Crippen molar-refractivity contribution in [2.75, 3.05) is 6.61 Å². The molecule has 0 saturated carbocycles. The first-order valence-electron chi connectivity index (χ1n) is 4.07. The Kier molecular flexibility index (Phi) is 10.5. The molecule has 0 radical (unpaired) electrons. The highest BCUT2D eigenvalue weighted by atomic mass is 17.9. The van der Waals surface area contributed by atoms with Gasteiger partial charge in [0.2, 0.25) is 0 Å². The van der Waals surface area contributed by atoms with E-state index in [1.807, 2.05) is 6.92 Å². The molecule has 0 spiro atoms. The fraction of sp³-hybridized carbons (Fsp3) is 1.00. The van der Waals surface area contributed by atoms with Crippen LogP contribution in [0.15, 0.2) is 0 Å². The van der Waals surface area contributed by atoms with Crippen molar-refractivity contribution in [2.45, 2.75) is 26.7 Å². The van der Waals surface area contributed by atoms with Crippen molar-refractivity contribution in [3.8, 4) is 0 Å². The average molecular weight is 214 g/mol. The summed E-state index contributed by atoms with van der Waals surface area (Å²) < 4.78 is 0. The second-order valence-electron chi connectivity index (χ2n) is 2.59. The van der Waals surface area contributed by atoms with E-state index in [0.29, 0.717) is 12.5 Å². The van der Waals surface area contributed by atoms with Gasteiger partial charge in [0.05, 0.1) is 6.61 Å². The van der Waals surface area contributed by atoms with Crippen molar-refractivity contribution in [2.24, 2.45) is 5.92 Å². The minimum absolute atomic E-state index is 0.349. The Morgan fingerprint density at radius 3 is 2.36 bits per heavy atom. The Morgan fingerprint density at radius 2 is 1.71 bits per heavy atom. The highest BCUT2D eigenvalue weighted by Gasteiger charge is 2.01. The highest BCUT2D eigenvalue weighted by molar-refractivity contribution is 4.46. The van der Waals surface area contributed by atoms with E-state index < -0.39 is 0 Å². The van der Waals surface area contributed by atoms with Crippen molar-refractivity contribution < 1.29 is 40.4 Å². The third kappa shape index (κ3) is 9.77. The van der Waals surface area contributed by atoms with Crippen molar-refractivity contribution in [3.63, 3.8) is 0 Å². The predicted molar refractivity (Wildman–Crippen MR) is 39.2 cm³/mol. The van der Waals surface area contributed by atoms with Crippen LogP contribution in [0.3, 0.4) is 0 Å². The van der Waals surface area contributed by atoms with Crippen LogP contribution in [-0.2, 0) is 35.1 Å². The van der Waals surface area contributed by atoms with Crippen LogP contribution in [0.2, 0.25) is 0 Å². The Morgan fingerprint density at radius 1 is 1.07 bits per heavy atom. The second kappa shape index (κ2) is 10.8. The van der Waals surface area contributed by atoms with E-state index in [1.165, 1.54) is 0 Å². The lowest BCUT2D eigenvalue weighted by molar-refractivity contribution is -0.812. The van der Waals surface area contributed by atoms with Gasteiger partial charge in [-0.2, -0.15) is 0 Å². The van der Waals surface area contributed by atoms with E-state index in [-0.39, 0.29) is 0 Å². The van der Waals surface area contributed by atoms with Crippen molar-refractivity contribution in [3.05, 3.63) is 0 Å². The molecule has 8 heteroatoms. The van der Waals surface area contributed by atoms with Crippen LogP contribution in [0.25, 0.3) is 0 Å². The summed E-state index contributed by atoms with van der Waals surface area (Å²) in [5.74, 6) is 0.349. The molecular formula is C6H14O8. The smallest absolute Gasteiger partial charge is 0.0880 e. The highest BCUT2D eigenvalue weighted by Crippen LogP contribution is 2.05. The van der Waals surface area contributed by atoms with E-state index in [4.69, 9.17) is 5.26 Å². The van der Waals surface area contributed by atoms with E-state index >= 15 is 0 Å². The zero-order chi connectivity index (χ0) is 10.6. The Labute approximate surface area is 80.7 Å². The molecule has 0 aliphatic carbocycles. The van der Waals surface area contributed by atoms with E-state index in [9.17, 15) is 0 Å². The molecule has 14 heavy (non-hydrogen) atoms. The predicted octanol–water partition coefficient (Wildman–Crippen LogP) is 1.50. The molecule has 0 aromatic carbocycles. The standard InChI is InChI=1S/C6H14O8/c1-3-4-6(2)5-8-10-12-14-13-11-9-7/h6-7H,3-5H2,1-2H3. The first-order chi connectivity index (χ1) is 6.81. The summed E-state index contributed by atoms with van der Waals surface area (Å²) in [6.45, 7) is 4.42. The van der Waals surface area contributed by atoms with Gasteiger partial charge in [-0.05, 0) is 42.6 Å². The third-order valence-electron chi connectivity index (χ3n) is 1.32. The summed E-state index contributed by atoms with van der Waals surface area (Å²) in [4.78, 5) is 4.54. The van der Waals surface area contributed by atoms with Gasteiger partial charge in [-0.1, -0.05) is 20.3 Å². The monoisotopic (exact) mass is 214 g/mol. The molecule has 1 unspecified atom stereocenters. The summed E-state index contributed by atoms with van der Waals surface area (Å²) in [6.07, 6.45) is 2.08. The molecule has 0 aromatic heterocycles. The first-order valence-corrected chi connectivity index (χ1v) is 4.07. The number of hydrogen-bond acceptors (Lipinski definition) is 8. The molecular weight excluding hydrogens is 200 g/mol. The van der Waals surface area contributed by atoms with Crippen LogP contribution >= 0.6 is 0 Å². The third-order valence-corrected chi connectivity index (χ3v) is 1.32. The van der Waals surface area contributed by atoms with E-state index in [2.05, 4.69) is 42.0 Å². The zero-order valence-electron chi connectivity index (χ0n) is 8.00. The van der Waals surface area contributed by atoms with Crippen molar-refractivity contribution >= 4 is 0 Å². The lowest BCUT2D eigenvalue weighted by Gasteiger charge is -2.07. The average Bonchev–Trinajstić information content (AvgIpc) is 2.17. The van der Waals surface area contributed by atoms with Gasteiger partial charge in [0.25, 0.3) is 0 Å². The molecule has 1 N–H and O–H groups in total. The van der Waals surface area contributed by atoms with E-state index in [1.54, 1.807) is 0 Å². The van der Waals surface area contributed by atoms with Gasteiger partial charge < -0.3 is 0 Å². The second-order valence-corrected chi connectivity index (χ2v) is 2.59. The van der Waals surface area contributed by atoms with Gasteiger partial charge in [0, 0.05) is 0 Å². The van der Waals surface area contributed by atoms with Crippen molar-refractivity contribution in [1.29, 1.82) is 0 Å². The lowest BCUT2D eigenvalue weighted by atomic mass is 10.1. The largest absolute Gasteiger partial charge is 0.219 e. The van der Waals surface area contributed by atoms with Crippen LogP contribution in [0, 0.1) is 5.92 Å². The molecule has 0 rings (SSSR count). The summed E-state index contributed by atoms with van der Waals surface area (Å²) >= 11 is 0. The van der Waals surface area contributed by atoms with Gasteiger partial charge in [0.15, 0.2) is 0 Å². The van der Waals surface area contributed by atoms with Gasteiger partial charge in [-0.15, -0.1) is 0 Å². The van der Waals surface area contributed by atoms with Crippen LogP contribution in [0.4, 0.5) is 0 Å². The van der Waals surface area contributed by atoms with E-state index in [0.717, 1.165) is 12.8 Å². The van der Waals surface area contributed by atoms with Gasteiger partial charge in [-0.3, -0.25) is 0 Å². The minimum Gasteiger partial charge on any atom is -0.219 e. The number of hydrogen-bond donors (Lipinski definition) is 1.